The second-order valence-electron chi connectivity index (χ2n) is 9.16. The molecule has 1 N–H and O–H groups in total. The first-order valence-corrected chi connectivity index (χ1v) is 11.7. The summed E-state index contributed by atoms with van der Waals surface area (Å²) in [6.07, 6.45) is -0.00329. The van der Waals surface area contributed by atoms with E-state index in [1.54, 1.807) is 19.2 Å². The SMILES string of the molecule is [2H]C([2H])(C)n1cc(Cc2ncc(-c3ccc(CC(=O)Nc4cc(C5(C(F)(F)F)CC5)on4)c(F)c3)cn2)c(C)n1. The second kappa shape index (κ2) is 9.66. The van der Waals surface area contributed by atoms with Gasteiger partial charge in [-0.2, -0.15) is 18.3 Å². The molecule has 0 saturated heterocycles. The van der Waals surface area contributed by atoms with Crippen LogP contribution in [0.5, 0.6) is 0 Å². The molecule has 0 aliphatic heterocycles. The van der Waals surface area contributed by atoms with E-state index in [9.17, 15) is 22.4 Å². The third-order valence-corrected chi connectivity index (χ3v) is 6.56. The first kappa shape index (κ1) is 23.1. The highest BCUT2D eigenvalue weighted by Crippen LogP contribution is 2.59. The summed E-state index contributed by atoms with van der Waals surface area (Å²) in [5.41, 5.74) is 0.504. The second-order valence-corrected chi connectivity index (χ2v) is 9.16. The minimum absolute atomic E-state index is 0.0831. The predicted octanol–water partition coefficient (Wildman–Crippen LogP) is 5.16. The van der Waals surface area contributed by atoms with Gasteiger partial charge in [-0.1, -0.05) is 17.3 Å². The zero-order valence-corrected chi connectivity index (χ0v) is 20.4. The zero-order valence-electron chi connectivity index (χ0n) is 22.4. The molecule has 12 heteroatoms. The van der Waals surface area contributed by atoms with Gasteiger partial charge in [0.15, 0.2) is 11.6 Å². The number of alkyl halides is 3. The number of benzene rings is 1. The molecule has 1 aliphatic rings. The molecule has 1 fully saturated rings. The van der Waals surface area contributed by atoms with Crippen molar-refractivity contribution in [3.8, 4) is 11.1 Å². The maximum atomic E-state index is 14.8. The molecule has 3 aromatic heterocycles. The predicted molar refractivity (Wildman–Crippen MR) is 129 cm³/mol. The van der Waals surface area contributed by atoms with Crippen LogP contribution in [0.25, 0.3) is 11.1 Å². The Morgan fingerprint density at radius 2 is 1.92 bits per heavy atom. The summed E-state index contributed by atoms with van der Waals surface area (Å²) in [5.74, 6) is -1.35. The van der Waals surface area contributed by atoms with Gasteiger partial charge in [-0.3, -0.25) is 9.48 Å². The number of anilines is 1. The molecule has 38 heavy (non-hydrogen) atoms. The smallest absolute Gasteiger partial charge is 0.358 e. The minimum Gasteiger partial charge on any atom is -0.358 e. The molecule has 1 amide bonds. The van der Waals surface area contributed by atoms with Crippen molar-refractivity contribution in [1.82, 2.24) is 24.9 Å². The molecule has 0 radical (unpaired) electrons. The van der Waals surface area contributed by atoms with Crippen molar-refractivity contribution in [3.63, 3.8) is 0 Å². The maximum absolute atomic E-state index is 14.8. The molecule has 0 spiro atoms. The van der Waals surface area contributed by atoms with Gasteiger partial charge in [0.05, 0.1) is 14.9 Å². The van der Waals surface area contributed by atoms with E-state index in [1.807, 2.05) is 0 Å². The van der Waals surface area contributed by atoms with Crippen molar-refractivity contribution in [2.45, 2.75) is 57.6 Å². The number of carbonyl (C=O) groups is 1. The Morgan fingerprint density at radius 1 is 1.18 bits per heavy atom. The largest absolute Gasteiger partial charge is 0.401 e. The number of aryl methyl sites for hydroxylation is 2. The van der Waals surface area contributed by atoms with Gasteiger partial charge in [0.25, 0.3) is 0 Å². The first-order valence-electron chi connectivity index (χ1n) is 12.7. The van der Waals surface area contributed by atoms with Gasteiger partial charge in [-0.15, -0.1) is 0 Å². The van der Waals surface area contributed by atoms with E-state index in [2.05, 4.69) is 25.5 Å². The summed E-state index contributed by atoms with van der Waals surface area (Å²) in [6.45, 7) is 1.54. The molecule has 1 aromatic carbocycles. The molecule has 8 nitrogen and oxygen atoms in total. The Hall–Kier alpha value is -4.09. The zero-order chi connectivity index (χ0) is 28.9. The van der Waals surface area contributed by atoms with Crippen LogP contribution in [-0.2, 0) is 29.5 Å². The molecule has 1 saturated carbocycles. The standard InChI is InChI=1S/C26H24F4N6O2/c1-3-36-14-18(15(2)34-36)9-22-31-12-19(13-32-22)16-4-5-17(20(27)8-16)10-24(37)33-23-11-21(38-35-23)25(6-7-25)26(28,29)30/h4-5,8,11-14H,3,6-7,9-10H2,1-2H3,(H,33,35,37)/i3D2. The van der Waals surface area contributed by atoms with Crippen LogP contribution in [0, 0.1) is 12.7 Å². The molecule has 0 bridgehead atoms. The summed E-state index contributed by atoms with van der Waals surface area (Å²) in [7, 11) is 0. The van der Waals surface area contributed by atoms with Gasteiger partial charge in [-0.25, -0.2) is 14.4 Å². The van der Waals surface area contributed by atoms with Crippen LogP contribution in [0.3, 0.4) is 0 Å². The summed E-state index contributed by atoms with van der Waals surface area (Å²) >= 11 is 0. The Kier molecular flexibility index (Phi) is 5.86. The van der Waals surface area contributed by atoms with Crippen molar-refractivity contribution in [2.75, 3.05) is 5.32 Å². The van der Waals surface area contributed by atoms with Gasteiger partial charge < -0.3 is 9.84 Å². The summed E-state index contributed by atoms with van der Waals surface area (Å²) in [6, 6.07) is 5.34. The molecule has 5 rings (SSSR count). The van der Waals surface area contributed by atoms with E-state index in [-0.39, 0.29) is 36.4 Å². The third-order valence-electron chi connectivity index (χ3n) is 6.56. The topological polar surface area (TPSA) is 98.7 Å². The van der Waals surface area contributed by atoms with Crippen LogP contribution < -0.4 is 5.32 Å². The number of hydrogen-bond donors (Lipinski definition) is 1. The molecule has 1 aliphatic carbocycles. The van der Waals surface area contributed by atoms with Crippen LogP contribution in [0.4, 0.5) is 23.4 Å². The average molecular weight is 531 g/mol. The molecule has 3 heterocycles. The van der Waals surface area contributed by atoms with Gasteiger partial charge in [0.1, 0.15) is 17.1 Å². The maximum Gasteiger partial charge on any atom is 0.401 e. The van der Waals surface area contributed by atoms with E-state index in [4.69, 9.17) is 7.26 Å². The van der Waals surface area contributed by atoms with E-state index in [0.717, 1.165) is 11.6 Å². The van der Waals surface area contributed by atoms with Crippen LogP contribution in [-0.4, -0.2) is 37.0 Å². The number of amides is 1. The highest BCUT2D eigenvalue weighted by molar-refractivity contribution is 5.91. The molecule has 0 unspecified atom stereocenters. The van der Waals surface area contributed by atoms with Crippen molar-refractivity contribution in [1.29, 1.82) is 0 Å². The fraction of sp³-hybridized carbons (Fsp3) is 0.346. The Bertz CT molecular complexity index is 1560. The fourth-order valence-corrected chi connectivity index (χ4v) is 4.13. The van der Waals surface area contributed by atoms with Gasteiger partial charge in [0.2, 0.25) is 5.91 Å². The number of nitrogens with one attached hydrogen (secondary N) is 1. The Morgan fingerprint density at radius 3 is 2.53 bits per heavy atom. The number of halogens is 4. The van der Waals surface area contributed by atoms with Crippen molar-refractivity contribution >= 4 is 11.7 Å². The van der Waals surface area contributed by atoms with Crippen LogP contribution >= 0.6 is 0 Å². The summed E-state index contributed by atoms with van der Waals surface area (Å²) < 4.78 is 76.3. The Labute approximate surface area is 217 Å². The lowest BCUT2D eigenvalue weighted by Crippen LogP contribution is -2.28. The molecular formula is C26H24F4N6O2. The van der Waals surface area contributed by atoms with Crippen LogP contribution in [0.1, 0.15) is 50.9 Å². The number of rotatable bonds is 8. The van der Waals surface area contributed by atoms with Gasteiger partial charge in [0, 0.05) is 48.7 Å². The number of carbonyl (C=O) groups excluding carboxylic acids is 1. The average Bonchev–Trinajstić information content (AvgIpc) is 3.44. The highest BCUT2D eigenvalue weighted by Gasteiger charge is 2.66. The van der Waals surface area contributed by atoms with Crippen LogP contribution in [0.15, 0.2) is 47.4 Å². The quantitative estimate of drug-likeness (QED) is 0.316. The number of nitrogens with zero attached hydrogens (tertiary/aromatic N) is 5. The van der Waals surface area contributed by atoms with E-state index in [0.29, 0.717) is 29.1 Å². The van der Waals surface area contributed by atoms with E-state index in [1.165, 1.54) is 36.1 Å². The Balaban J connectivity index is 1.22. The monoisotopic (exact) mass is 530 g/mol. The minimum atomic E-state index is -4.47. The highest BCUT2D eigenvalue weighted by atomic mass is 19.4. The lowest BCUT2D eigenvalue weighted by molar-refractivity contribution is -0.165. The van der Waals surface area contributed by atoms with E-state index >= 15 is 0 Å². The van der Waals surface area contributed by atoms with Crippen molar-refractivity contribution < 1.29 is 29.6 Å². The first-order chi connectivity index (χ1) is 18.7. The van der Waals surface area contributed by atoms with Crippen LogP contribution in [0.2, 0.25) is 0 Å². The van der Waals surface area contributed by atoms with E-state index < -0.39 is 29.8 Å². The lowest BCUT2D eigenvalue weighted by atomic mass is 10.0. The van der Waals surface area contributed by atoms with Crippen molar-refractivity contribution in [2.24, 2.45) is 0 Å². The molecule has 198 valence electrons. The number of hydrogen-bond acceptors (Lipinski definition) is 6. The molecular weight excluding hydrogens is 504 g/mol. The van der Waals surface area contributed by atoms with Crippen molar-refractivity contribution in [3.05, 3.63) is 77.1 Å². The summed E-state index contributed by atoms with van der Waals surface area (Å²) in [5, 5.41) is 10.1. The normalized spacial score (nSPS) is 15.6. The molecule has 4 aromatic rings. The molecule has 0 atom stereocenters. The fourth-order valence-electron chi connectivity index (χ4n) is 4.13. The summed E-state index contributed by atoms with van der Waals surface area (Å²) in [4.78, 5) is 21.1. The number of aromatic nitrogens is 5. The lowest BCUT2D eigenvalue weighted by Gasteiger charge is -2.14. The van der Waals surface area contributed by atoms with Gasteiger partial charge >= 0.3 is 6.18 Å². The van der Waals surface area contributed by atoms with Gasteiger partial charge in [-0.05, 0) is 43.9 Å². The third kappa shape index (κ3) is 5.02.